The fourth-order valence-electron chi connectivity index (χ4n) is 2.65. The Hall–Kier alpha value is -1.13. The van der Waals surface area contributed by atoms with Crippen molar-refractivity contribution in [2.45, 2.75) is 41.7 Å². The van der Waals surface area contributed by atoms with E-state index in [-0.39, 0.29) is 5.56 Å². The number of rotatable bonds is 5. The van der Waals surface area contributed by atoms with Crippen LogP contribution in [0.15, 0.2) is 38.4 Å². The van der Waals surface area contributed by atoms with Crippen molar-refractivity contribution in [3.8, 4) is 0 Å². The summed E-state index contributed by atoms with van der Waals surface area (Å²) in [6.07, 6.45) is -1.83. The molecule has 1 aromatic carbocycles. The van der Waals surface area contributed by atoms with Crippen molar-refractivity contribution in [2.24, 2.45) is 0 Å². The molecule has 0 unspecified atom stereocenters. The van der Waals surface area contributed by atoms with Crippen LogP contribution in [-0.4, -0.2) is 47.9 Å². The van der Waals surface area contributed by atoms with Crippen LogP contribution < -0.4 is 0 Å². The third-order valence-electron chi connectivity index (χ3n) is 4.48. The maximum absolute atomic E-state index is 14.6. The Morgan fingerprint density at radius 2 is 1.34 bits per heavy atom. The van der Waals surface area contributed by atoms with Crippen molar-refractivity contribution < 1.29 is 57.8 Å². The molecule has 1 saturated carbocycles. The van der Waals surface area contributed by atoms with Crippen molar-refractivity contribution in [3.63, 3.8) is 0 Å². The summed E-state index contributed by atoms with van der Waals surface area (Å²) in [4.78, 5) is 11.8. The first kappa shape index (κ1) is 27.1. The lowest BCUT2D eigenvalue weighted by Gasteiger charge is -2.51. The summed E-state index contributed by atoms with van der Waals surface area (Å²) >= 11 is 3.92. The van der Waals surface area contributed by atoms with Gasteiger partial charge >= 0.3 is 35.6 Å². The zero-order valence-electron chi connectivity index (χ0n) is 15.0. The second-order valence-corrected chi connectivity index (χ2v) is 8.87. The molecule has 0 heterocycles. The van der Waals surface area contributed by atoms with Gasteiger partial charge in [-0.1, -0.05) is 22.0 Å². The molecule has 0 bridgehead atoms. The van der Waals surface area contributed by atoms with Crippen LogP contribution >= 0.6 is 38.5 Å². The average Bonchev–Trinajstić information content (AvgIpc) is 2.66. The molecule has 15 heteroatoms. The molecule has 1 fully saturated rings. The zero-order valence-corrected chi connectivity index (χ0v) is 18.8. The Labute approximate surface area is 194 Å². The van der Waals surface area contributed by atoms with Crippen LogP contribution in [0.2, 0.25) is 0 Å². The number of carbonyl (C=O) groups is 1. The molecular formula is C17H9BrF11IO2. The molecule has 0 saturated heterocycles. The Morgan fingerprint density at radius 3 is 1.81 bits per heavy atom. The highest BCUT2D eigenvalue weighted by atomic mass is 127. The Bertz CT molecular complexity index is 903. The minimum atomic E-state index is -7.26. The number of carbonyl (C=O) groups excluding carboxylic acids is 1. The lowest BCUT2D eigenvalue weighted by atomic mass is 9.72. The van der Waals surface area contributed by atoms with E-state index in [0.29, 0.717) is 4.47 Å². The Morgan fingerprint density at radius 1 is 0.875 bits per heavy atom. The maximum atomic E-state index is 14.6. The number of allylic oxidation sites excluding steroid dienone is 1. The van der Waals surface area contributed by atoms with Crippen LogP contribution in [0.3, 0.4) is 0 Å². The second-order valence-electron chi connectivity index (χ2n) is 6.57. The molecule has 2 rings (SSSR count). The van der Waals surface area contributed by atoms with Crippen LogP contribution in [-0.2, 0) is 4.74 Å². The van der Waals surface area contributed by atoms with Gasteiger partial charge in [0.05, 0.1) is 12.2 Å². The summed E-state index contributed by atoms with van der Waals surface area (Å²) in [5, 5.41) is 0. The molecule has 0 spiro atoms. The predicted molar refractivity (Wildman–Crippen MR) is 99.7 cm³/mol. The van der Waals surface area contributed by atoms with Gasteiger partial charge in [-0.15, -0.1) is 0 Å². The van der Waals surface area contributed by atoms with Gasteiger partial charge < -0.3 is 4.74 Å². The lowest BCUT2D eigenvalue weighted by molar-refractivity contribution is -0.476. The highest BCUT2D eigenvalue weighted by Crippen LogP contribution is 2.69. The van der Waals surface area contributed by atoms with Crippen molar-refractivity contribution in [1.29, 1.82) is 0 Å². The molecule has 32 heavy (non-hydrogen) atoms. The van der Waals surface area contributed by atoms with Crippen molar-refractivity contribution in [3.05, 3.63) is 44.0 Å². The fourth-order valence-corrected chi connectivity index (χ4v) is 3.70. The monoisotopic (exact) mass is 660 g/mol. The highest BCUT2D eigenvalue weighted by Gasteiger charge is 3.00. The molecule has 1 aliphatic rings. The van der Waals surface area contributed by atoms with E-state index < -0.39 is 63.9 Å². The van der Waals surface area contributed by atoms with Gasteiger partial charge in [0, 0.05) is 10.9 Å². The SMILES string of the molecule is O=C(OCCC(I)=CC1(F)C(F)(F)C(F)(F)C(F)(F)C(F)(F)C1(F)F)c1cccc(Br)c1. The van der Waals surface area contributed by atoms with Crippen molar-refractivity contribution >= 4 is 44.5 Å². The smallest absolute Gasteiger partial charge is 0.384 e. The molecule has 0 amide bonds. The van der Waals surface area contributed by atoms with Gasteiger partial charge in [0.15, 0.2) is 0 Å². The molecule has 180 valence electrons. The summed E-state index contributed by atoms with van der Waals surface area (Å²) < 4.78 is 155. The van der Waals surface area contributed by atoms with E-state index in [4.69, 9.17) is 0 Å². The summed E-state index contributed by atoms with van der Waals surface area (Å²) in [6.45, 7) is -0.795. The normalized spacial score (nSPS) is 24.6. The van der Waals surface area contributed by atoms with Gasteiger partial charge in [-0.3, -0.25) is 0 Å². The quantitative estimate of drug-likeness (QED) is 0.190. The third kappa shape index (κ3) is 3.70. The minimum absolute atomic E-state index is 0.0211. The average molecular weight is 661 g/mol. The van der Waals surface area contributed by atoms with Crippen molar-refractivity contribution in [1.82, 2.24) is 0 Å². The first-order valence-electron chi connectivity index (χ1n) is 8.16. The lowest BCUT2D eigenvalue weighted by Crippen LogP contribution is -2.83. The molecule has 1 aliphatic carbocycles. The number of ether oxygens (including phenoxy) is 1. The topological polar surface area (TPSA) is 26.3 Å². The first-order chi connectivity index (χ1) is 14.3. The summed E-state index contributed by atoms with van der Waals surface area (Å²) in [7, 11) is 0. The van der Waals surface area contributed by atoms with Gasteiger partial charge in [0.1, 0.15) is 0 Å². The van der Waals surface area contributed by atoms with E-state index in [1.54, 1.807) is 6.07 Å². The van der Waals surface area contributed by atoms with Crippen LogP contribution in [0.25, 0.3) is 0 Å². The van der Waals surface area contributed by atoms with Crippen LogP contribution in [0.5, 0.6) is 0 Å². The number of esters is 1. The van der Waals surface area contributed by atoms with E-state index in [2.05, 4.69) is 20.7 Å². The van der Waals surface area contributed by atoms with Crippen LogP contribution in [0, 0.1) is 0 Å². The fraction of sp³-hybridized carbons (Fsp3) is 0.471. The summed E-state index contributed by atoms with van der Waals surface area (Å²) in [5.74, 6) is -36.5. The molecular weight excluding hydrogens is 652 g/mol. The van der Waals surface area contributed by atoms with Gasteiger partial charge in [-0.25, -0.2) is 9.18 Å². The molecule has 1 aromatic rings. The first-order valence-corrected chi connectivity index (χ1v) is 10.0. The number of hydrogen-bond donors (Lipinski definition) is 0. The minimum Gasteiger partial charge on any atom is -0.462 e. The van der Waals surface area contributed by atoms with E-state index in [0.717, 1.165) is 22.6 Å². The number of hydrogen-bond acceptors (Lipinski definition) is 2. The number of benzene rings is 1. The molecule has 0 atom stereocenters. The van der Waals surface area contributed by atoms with E-state index in [1.165, 1.54) is 18.2 Å². The standard InChI is InChI=1S/C17H9BrF11IO2/c18-9-3-1-2-8(6-9)11(31)32-5-4-10(30)7-12(19)13(20,21)15(24,25)17(28,29)16(26,27)14(12,22)23/h1-3,6-7H,4-5H2. The van der Waals surface area contributed by atoms with E-state index >= 15 is 0 Å². The number of halogens is 13. The van der Waals surface area contributed by atoms with Gasteiger partial charge in [-0.05, 0) is 50.4 Å². The van der Waals surface area contributed by atoms with E-state index in [1.807, 2.05) is 0 Å². The van der Waals surface area contributed by atoms with Gasteiger partial charge in [0.25, 0.3) is 5.67 Å². The largest absolute Gasteiger partial charge is 0.462 e. The van der Waals surface area contributed by atoms with Crippen molar-refractivity contribution in [2.75, 3.05) is 6.61 Å². The highest BCUT2D eigenvalue weighted by molar-refractivity contribution is 14.1. The molecule has 0 radical (unpaired) electrons. The predicted octanol–water partition coefficient (Wildman–Crippen LogP) is 7.21. The van der Waals surface area contributed by atoms with Gasteiger partial charge in [0.2, 0.25) is 0 Å². The Balaban J connectivity index is 2.32. The molecule has 2 nitrogen and oxygen atoms in total. The zero-order chi connectivity index (χ0) is 25.0. The summed E-state index contributed by atoms with van der Waals surface area (Å²) in [6, 6.07) is 5.56. The van der Waals surface area contributed by atoms with Gasteiger partial charge in [-0.2, -0.15) is 43.9 Å². The number of alkyl halides is 11. The molecule has 0 aromatic heterocycles. The maximum Gasteiger partial charge on any atom is 0.384 e. The van der Waals surface area contributed by atoms with E-state index in [9.17, 15) is 53.1 Å². The van der Waals surface area contributed by atoms with Crippen LogP contribution in [0.1, 0.15) is 16.8 Å². The Kier molecular flexibility index (Phi) is 7.01. The van der Waals surface area contributed by atoms with Crippen LogP contribution in [0.4, 0.5) is 48.3 Å². The summed E-state index contributed by atoms with van der Waals surface area (Å²) in [5.41, 5.74) is -6.22. The third-order valence-corrected chi connectivity index (χ3v) is 5.83. The second kappa shape index (κ2) is 8.27. The molecule has 0 aliphatic heterocycles. The molecule has 0 N–H and O–H groups in total.